The second kappa shape index (κ2) is 11.0. The Kier molecular flexibility index (Phi) is 11.8. The van der Waals surface area contributed by atoms with Crippen molar-refractivity contribution in [2.45, 2.75) is 39.0 Å². The first-order valence-corrected chi connectivity index (χ1v) is 6.42. The van der Waals surface area contributed by atoms with Crippen molar-refractivity contribution in [2.75, 3.05) is 11.9 Å². The largest absolute Gasteiger partial charge is 1.00 e. The van der Waals surface area contributed by atoms with E-state index in [2.05, 4.69) is 24.4 Å². The van der Waals surface area contributed by atoms with Crippen LogP contribution in [0.4, 0.5) is 5.69 Å². The van der Waals surface area contributed by atoms with Crippen LogP contribution in [-0.4, -0.2) is 6.54 Å². The van der Waals surface area contributed by atoms with Crippen molar-refractivity contribution in [1.82, 2.24) is 0 Å². The minimum atomic E-state index is 0. The van der Waals surface area contributed by atoms with E-state index in [1.807, 2.05) is 18.2 Å². The molecule has 1 nitrogen and oxygen atoms in total. The van der Waals surface area contributed by atoms with E-state index in [-0.39, 0.29) is 71.8 Å². The molecular weight excluding hydrogens is 419 g/mol. The standard InChI is InChI=1S/C15H21N.K.Re/c1-2-6-13-9-10-14(11-13)12-16-15-7-4-3-5-8-15;;/h3-4,7-8,14,16H,2,6,9-12H2,1H3;;/q-2;+1;. The van der Waals surface area contributed by atoms with Crippen molar-refractivity contribution >= 4 is 5.69 Å². The average molecular weight is 441 g/mol. The fourth-order valence-corrected chi connectivity index (χ4v) is 2.54. The van der Waals surface area contributed by atoms with Crippen LogP contribution in [0.5, 0.6) is 0 Å². The third-order valence-corrected chi connectivity index (χ3v) is 3.39. The van der Waals surface area contributed by atoms with Crippen LogP contribution in [0.15, 0.2) is 24.3 Å². The number of rotatable bonds is 5. The molecule has 0 aliphatic heterocycles. The molecule has 1 radical (unpaired) electrons. The molecular formula is C15H21KNRe-. The second-order valence-electron chi connectivity index (χ2n) is 4.78. The van der Waals surface area contributed by atoms with E-state index in [9.17, 15) is 0 Å². The minimum absolute atomic E-state index is 0. The predicted octanol–water partition coefficient (Wildman–Crippen LogP) is 1.07. The van der Waals surface area contributed by atoms with Gasteiger partial charge in [-0.25, -0.2) is 0 Å². The van der Waals surface area contributed by atoms with Crippen LogP contribution in [0.1, 0.15) is 39.0 Å². The Morgan fingerprint density at radius 3 is 3.00 bits per heavy atom. The maximum atomic E-state index is 3.50. The molecule has 1 fully saturated rings. The van der Waals surface area contributed by atoms with Gasteiger partial charge in [-0.3, -0.25) is 0 Å². The van der Waals surface area contributed by atoms with Gasteiger partial charge < -0.3 is 11.2 Å². The molecule has 0 amide bonds. The summed E-state index contributed by atoms with van der Waals surface area (Å²) < 4.78 is 0. The Morgan fingerprint density at radius 2 is 2.33 bits per heavy atom. The molecule has 0 aromatic heterocycles. The molecule has 2 rings (SSSR count). The van der Waals surface area contributed by atoms with Crippen LogP contribution < -0.4 is 56.7 Å². The first kappa shape index (κ1) is 19.3. The monoisotopic (exact) mass is 441 g/mol. The van der Waals surface area contributed by atoms with Crippen LogP contribution in [-0.2, 0) is 20.4 Å². The molecule has 1 unspecified atom stereocenters. The minimum Gasteiger partial charge on any atom is -0.436 e. The summed E-state index contributed by atoms with van der Waals surface area (Å²) >= 11 is 0. The molecule has 1 N–H and O–H groups in total. The van der Waals surface area contributed by atoms with E-state index in [1.165, 1.54) is 37.8 Å². The van der Waals surface area contributed by atoms with Gasteiger partial charge in [0.1, 0.15) is 0 Å². The van der Waals surface area contributed by atoms with Gasteiger partial charge in [-0.2, -0.15) is 49.6 Å². The number of hydrogen-bond acceptors (Lipinski definition) is 1. The van der Waals surface area contributed by atoms with Crippen LogP contribution in [0.3, 0.4) is 0 Å². The van der Waals surface area contributed by atoms with E-state index in [0.717, 1.165) is 12.5 Å². The van der Waals surface area contributed by atoms with Gasteiger partial charge in [0.05, 0.1) is 0 Å². The van der Waals surface area contributed by atoms with E-state index in [1.54, 1.807) is 5.92 Å². The van der Waals surface area contributed by atoms with Crippen LogP contribution in [0.25, 0.3) is 0 Å². The maximum absolute atomic E-state index is 3.50. The Morgan fingerprint density at radius 1 is 1.50 bits per heavy atom. The summed E-state index contributed by atoms with van der Waals surface area (Å²) in [6.45, 7) is 3.39. The van der Waals surface area contributed by atoms with Crippen LogP contribution in [0.2, 0.25) is 0 Å². The van der Waals surface area contributed by atoms with E-state index in [4.69, 9.17) is 0 Å². The van der Waals surface area contributed by atoms with Gasteiger partial charge in [0.25, 0.3) is 0 Å². The smallest absolute Gasteiger partial charge is 0.436 e. The molecule has 18 heavy (non-hydrogen) atoms. The molecule has 95 valence electrons. The summed E-state index contributed by atoms with van der Waals surface area (Å²) in [7, 11) is 0. The topological polar surface area (TPSA) is 12.0 Å². The quantitative estimate of drug-likeness (QED) is 0.534. The van der Waals surface area contributed by atoms with E-state index < -0.39 is 0 Å². The number of benzene rings is 1. The predicted molar refractivity (Wildman–Crippen MR) is 69.3 cm³/mol. The summed E-state index contributed by atoms with van der Waals surface area (Å²) in [6.07, 6.45) is 6.73. The number of hydrogen-bond donors (Lipinski definition) is 1. The van der Waals surface area contributed by atoms with Crippen molar-refractivity contribution in [3.05, 3.63) is 36.2 Å². The molecule has 0 saturated heterocycles. The molecule has 0 heterocycles. The Balaban J connectivity index is 0.00000144. The molecule has 0 bridgehead atoms. The van der Waals surface area contributed by atoms with Crippen molar-refractivity contribution in [3.8, 4) is 0 Å². The van der Waals surface area contributed by atoms with Crippen molar-refractivity contribution in [3.63, 3.8) is 0 Å². The molecule has 1 aromatic rings. The summed E-state index contributed by atoms with van der Waals surface area (Å²) in [5, 5.41) is 3.50. The zero-order valence-electron chi connectivity index (χ0n) is 11.5. The SMILES string of the molecule is CCC[C-]1CCC(CNc2c[c-]ccc2)C1.[K+].[Re]. The van der Waals surface area contributed by atoms with E-state index in [0.29, 0.717) is 0 Å². The van der Waals surface area contributed by atoms with Gasteiger partial charge in [-0.15, -0.1) is 0 Å². The van der Waals surface area contributed by atoms with Crippen molar-refractivity contribution in [2.24, 2.45) is 5.92 Å². The number of anilines is 1. The molecule has 1 aliphatic carbocycles. The zero-order valence-corrected chi connectivity index (χ0v) is 17.3. The molecule has 3 heteroatoms. The fourth-order valence-electron chi connectivity index (χ4n) is 2.54. The first-order valence-electron chi connectivity index (χ1n) is 6.42. The molecule has 0 spiro atoms. The Bertz CT molecular complexity index is 305. The van der Waals surface area contributed by atoms with Crippen LogP contribution in [0, 0.1) is 17.9 Å². The molecule has 1 aromatic carbocycles. The van der Waals surface area contributed by atoms with Gasteiger partial charge in [0.2, 0.25) is 0 Å². The maximum Gasteiger partial charge on any atom is 1.00 e. The summed E-state index contributed by atoms with van der Waals surface area (Å²) in [5.74, 6) is 2.63. The first-order chi connectivity index (χ1) is 7.88. The van der Waals surface area contributed by atoms with Gasteiger partial charge in [-0.1, -0.05) is 31.4 Å². The molecule has 1 atom stereocenters. The summed E-state index contributed by atoms with van der Waals surface area (Å²) in [4.78, 5) is 0. The third kappa shape index (κ3) is 6.66. The summed E-state index contributed by atoms with van der Waals surface area (Å²) in [6, 6.07) is 11.2. The third-order valence-electron chi connectivity index (χ3n) is 3.39. The molecule has 1 aliphatic rings. The zero-order chi connectivity index (χ0) is 11.2. The normalized spacial score (nSPS) is 18.8. The van der Waals surface area contributed by atoms with Gasteiger partial charge in [0, 0.05) is 27.0 Å². The Hall–Kier alpha value is 1.32. The van der Waals surface area contributed by atoms with Crippen LogP contribution >= 0.6 is 0 Å². The summed E-state index contributed by atoms with van der Waals surface area (Å²) in [5.41, 5.74) is 1.20. The van der Waals surface area contributed by atoms with Crippen molar-refractivity contribution < 1.29 is 71.8 Å². The van der Waals surface area contributed by atoms with Gasteiger partial charge in [0.15, 0.2) is 0 Å². The fraction of sp³-hybridized carbons (Fsp3) is 0.533. The average Bonchev–Trinajstić information content (AvgIpc) is 2.76. The Labute approximate surface area is 168 Å². The van der Waals surface area contributed by atoms with Gasteiger partial charge in [-0.05, 0) is 0 Å². The van der Waals surface area contributed by atoms with Gasteiger partial charge >= 0.3 is 51.4 Å². The van der Waals surface area contributed by atoms with Crippen molar-refractivity contribution in [1.29, 1.82) is 0 Å². The molecule has 1 saturated carbocycles. The van der Waals surface area contributed by atoms with E-state index >= 15 is 0 Å². The number of nitrogens with one attached hydrogen (secondary N) is 1. The second-order valence-corrected chi connectivity index (χ2v) is 4.78.